The fourth-order valence-electron chi connectivity index (χ4n) is 2.25. The number of amides is 2. The molecule has 1 aliphatic heterocycles. The number of rotatable bonds is 6. The van der Waals surface area contributed by atoms with Crippen molar-refractivity contribution in [1.82, 2.24) is 10.2 Å². The van der Waals surface area contributed by atoms with Crippen LogP contribution >= 0.6 is 0 Å². The standard InChI is InChI=1S/C15H19BN2O3/c1-4-10(9-19)11(12(16)5-2)8-18(3)13-6-7-14(20)17-15(13)21/h4-5,9,13H,2,6-8H2,1,3H3,(H,17,20,21)/b10-4-,12-11+. The van der Waals surface area contributed by atoms with Gasteiger partial charge in [-0.05, 0) is 26.0 Å². The third-order valence-electron chi connectivity index (χ3n) is 3.50. The van der Waals surface area contributed by atoms with Crippen molar-refractivity contribution in [3.05, 3.63) is 35.3 Å². The van der Waals surface area contributed by atoms with Gasteiger partial charge in [0.05, 0.1) is 6.04 Å². The molecule has 0 aromatic heterocycles. The van der Waals surface area contributed by atoms with Gasteiger partial charge in [0.2, 0.25) is 11.8 Å². The number of likely N-dealkylation sites (N-methyl/N-ethyl adjacent to an activating group) is 1. The minimum Gasteiger partial charge on any atom is -0.298 e. The second kappa shape index (κ2) is 7.74. The van der Waals surface area contributed by atoms with Crippen molar-refractivity contribution in [2.45, 2.75) is 25.8 Å². The summed E-state index contributed by atoms with van der Waals surface area (Å²) in [6.45, 7) is 5.67. The van der Waals surface area contributed by atoms with E-state index in [0.717, 1.165) is 6.29 Å². The molecule has 0 aliphatic carbocycles. The predicted molar refractivity (Wildman–Crippen MR) is 81.6 cm³/mol. The van der Waals surface area contributed by atoms with E-state index in [9.17, 15) is 14.4 Å². The third kappa shape index (κ3) is 4.26. The summed E-state index contributed by atoms with van der Waals surface area (Å²) >= 11 is 0. The lowest BCUT2D eigenvalue weighted by molar-refractivity contribution is -0.137. The average Bonchev–Trinajstić information content (AvgIpc) is 2.46. The summed E-state index contributed by atoms with van der Waals surface area (Å²) in [7, 11) is 7.64. The van der Waals surface area contributed by atoms with Gasteiger partial charge in [0, 0.05) is 18.5 Å². The molecule has 1 heterocycles. The highest BCUT2D eigenvalue weighted by Crippen LogP contribution is 2.18. The Morgan fingerprint density at radius 3 is 2.67 bits per heavy atom. The van der Waals surface area contributed by atoms with E-state index < -0.39 is 6.04 Å². The smallest absolute Gasteiger partial charge is 0.243 e. The molecule has 1 aliphatic rings. The quantitative estimate of drug-likeness (QED) is 0.253. The molecule has 0 saturated carbocycles. The first-order valence-corrected chi connectivity index (χ1v) is 6.71. The Hall–Kier alpha value is -1.95. The second-order valence-corrected chi connectivity index (χ2v) is 4.88. The van der Waals surface area contributed by atoms with E-state index in [1.165, 1.54) is 6.08 Å². The molecule has 0 spiro atoms. The molecule has 0 aromatic rings. The van der Waals surface area contributed by atoms with Crippen LogP contribution in [0.25, 0.3) is 0 Å². The molecule has 2 amide bonds. The molecule has 2 radical (unpaired) electrons. The Balaban J connectivity index is 2.94. The zero-order valence-corrected chi connectivity index (χ0v) is 12.4. The number of carbonyl (C=O) groups is 3. The number of allylic oxidation sites excluding steroid dienone is 3. The van der Waals surface area contributed by atoms with Gasteiger partial charge in [-0.3, -0.25) is 24.6 Å². The van der Waals surface area contributed by atoms with E-state index in [1.54, 1.807) is 24.9 Å². The molecule has 1 saturated heterocycles. The largest absolute Gasteiger partial charge is 0.298 e. The van der Waals surface area contributed by atoms with Crippen LogP contribution in [0.1, 0.15) is 19.8 Å². The Kier molecular flexibility index (Phi) is 6.30. The summed E-state index contributed by atoms with van der Waals surface area (Å²) in [4.78, 5) is 35.9. The van der Waals surface area contributed by atoms with Crippen LogP contribution < -0.4 is 5.32 Å². The van der Waals surface area contributed by atoms with E-state index in [2.05, 4.69) is 11.9 Å². The second-order valence-electron chi connectivity index (χ2n) is 4.88. The van der Waals surface area contributed by atoms with Gasteiger partial charge in [0.25, 0.3) is 0 Å². The zero-order chi connectivity index (χ0) is 16.0. The van der Waals surface area contributed by atoms with Crippen molar-refractivity contribution in [2.75, 3.05) is 13.6 Å². The maximum absolute atomic E-state index is 11.9. The van der Waals surface area contributed by atoms with Crippen LogP contribution in [0.3, 0.4) is 0 Å². The highest BCUT2D eigenvalue weighted by atomic mass is 16.2. The summed E-state index contributed by atoms with van der Waals surface area (Å²) in [6, 6.07) is -0.417. The maximum Gasteiger partial charge on any atom is 0.243 e. The van der Waals surface area contributed by atoms with E-state index in [0.29, 0.717) is 36.0 Å². The van der Waals surface area contributed by atoms with Gasteiger partial charge in [-0.2, -0.15) is 0 Å². The molecule has 1 fully saturated rings. The number of nitrogens with one attached hydrogen (secondary N) is 1. The summed E-state index contributed by atoms with van der Waals surface area (Å²) in [6.07, 6.45) is 4.62. The van der Waals surface area contributed by atoms with Crippen molar-refractivity contribution in [1.29, 1.82) is 0 Å². The molecule has 110 valence electrons. The van der Waals surface area contributed by atoms with E-state index in [1.807, 2.05) is 0 Å². The Morgan fingerprint density at radius 1 is 1.52 bits per heavy atom. The van der Waals surface area contributed by atoms with Gasteiger partial charge < -0.3 is 0 Å². The molecule has 6 heteroatoms. The van der Waals surface area contributed by atoms with Gasteiger partial charge in [-0.1, -0.05) is 24.2 Å². The number of carbonyl (C=O) groups excluding carboxylic acids is 3. The minimum atomic E-state index is -0.417. The Bertz CT molecular complexity index is 523. The van der Waals surface area contributed by atoms with Crippen LogP contribution in [0.5, 0.6) is 0 Å². The fraction of sp³-hybridized carbons (Fsp3) is 0.400. The first-order chi connectivity index (χ1) is 9.94. The van der Waals surface area contributed by atoms with Crippen LogP contribution in [0.15, 0.2) is 35.3 Å². The van der Waals surface area contributed by atoms with E-state index >= 15 is 0 Å². The number of hydrogen-bond donors (Lipinski definition) is 1. The van der Waals surface area contributed by atoms with Crippen molar-refractivity contribution in [2.24, 2.45) is 0 Å². The van der Waals surface area contributed by atoms with Gasteiger partial charge in [-0.25, -0.2) is 0 Å². The van der Waals surface area contributed by atoms with Crippen LogP contribution in [0, 0.1) is 0 Å². The molecule has 0 aromatic carbocycles. The zero-order valence-electron chi connectivity index (χ0n) is 12.4. The molecule has 1 unspecified atom stereocenters. The molecule has 5 nitrogen and oxygen atoms in total. The van der Waals surface area contributed by atoms with Crippen LogP contribution in [0.2, 0.25) is 0 Å². The fourth-order valence-corrected chi connectivity index (χ4v) is 2.25. The normalized spacial score (nSPS) is 20.9. The Labute approximate surface area is 126 Å². The van der Waals surface area contributed by atoms with E-state index in [-0.39, 0.29) is 11.8 Å². The van der Waals surface area contributed by atoms with Crippen LogP contribution in [-0.2, 0) is 14.4 Å². The summed E-state index contributed by atoms with van der Waals surface area (Å²) in [5, 5.41) is 2.31. The molecule has 21 heavy (non-hydrogen) atoms. The van der Waals surface area contributed by atoms with Crippen LogP contribution in [0.4, 0.5) is 0 Å². The summed E-state index contributed by atoms with van der Waals surface area (Å²) < 4.78 is 0. The van der Waals surface area contributed by atoms with Gasteiger partial charge in [0.15, 0.2) is 0 Å². The molecule has 1 rings (SSSR count). The van der Waals surface area contributed by atoms with Crippen molar-refractivity contribution in [3.63, 3.8) is 0 Å². The maximum atomic E-state index is 11.9. The van der Waals surface area contributed by atoms with Gasteiger partial charge in [0.1, 0.15) is 14.1 Å². The predicted octanol–water partition coefficient (Wildman–Crippen LogP) is 0.477. The SMILES string of the molecule is [B]/C(C=C)=C(CN(C)C1CCC(=O)NC1=O)/C(C=O)=C\C. The number of piperidine rings is 1. The number of hydrogen-bond acceptors (Lipinski definition) is 4. The third-order valence-corrected chi connectivity index (χ3v) is 3.50. The topological polar surface area (TPSA) is 66.5 Å². The van der Waals surface area contributed by atoms with Crippen LogP contribution in [-0.4, -0.2) is 50.5 Å². The lowest BCUT2D eigenvalue weighted by Crippen LogP contribution is -2.51. The Morgan fingerprint density at radius 2 is 2.19 bits per heavy atom. The van der Waals surface area contributed by atoms with Gasteiger partial charge >= 0.3 is 0 Å². The first kappa shape index (κ1) is 17.1. The monoisotopic (exact) mass is 286 g/mol. The number of aldehydes is 1. The molecular weight excluding hydrogens is 267 g/mol. The lowest BCUT2D eigenvalue weighted by Gasteiger charge is -2.30. The van der Waals surface area contributed by atoms with Gasteiger partial charge in [-0.15, -0.1) is 0 Å². The van der Waals surface area contributed by atoms with Crippen molar-refractivity contribution < 1.29 is 14.4 Å². The van der Waals surface area contributed by atoms with E-state index in [4.69, 9.17) is 7.85 Å². The summed E-state index contributed by atoms with van der Waals surface area (Å²) in [5.41, 5.74) is 1.48. The van der Waals surface area contributed by atoms with Crippen molar-refractivity contribution >= 4 is 25.9 Å². The molecule has 0 bridgehead atoms. The first-order valence-electron chi connectivity index (χ1n) is 6.71. The number of imide groups is 1. The van der Waals surface area contributed by atoms with Crippen molar-refractivity contribution in [3.8, 4) is 0 Å². The summed E-state index contributed by atoms with van der Waals surface area (Å²) in [5.74, 6) is -0.577. The number of nitrogens with zero attached hydrogens (tertiary/aromatic N) is 1. The molecular formula is C15H19BN2O3. The minimum absolute atomic E-state index is 0.256. The molecule has 1 atom stereocenters. The highest BCUT2D eigenvalue weighted by molar-refractivity contribution is 6.24. The molecule has 1 N–H and O–H groups in total. The lowest BCUT2D eigenvalue weighted by atomic mass is 9.86. The highest BCUT2D eigenvalue weighted by Gasteiger charge is 2.30. The average molecular weight is 286 g/mol.